The molecule has 2 heterocycles. The highest BCUT2D eigenvalue weighted by atomic mass is 35.5. The molecule has 0 saturated heterocycles. The van der Waals surface area contributed by atoms with Gasteiger partial charge in [0, 0.05) is 0 Å². The predicted octanol–water partition coefficient (Wildman–Crippen LogP) is 2.97. The molecule has 0 radical (unpaired) electrons. The van der Waals surface area contributed by atoms with Gasteiger partial charge in [-0.15, -0.1) is 0 Å². The van der Waals surface area contributed by atoms with E-state index in [1.165, 1.54) is 11.1 Å². The number of carbonyl (C=O) groups excluding carboxylic acids is 1. The molecule has 2 aromatic rings. The second kappa shape index (κ2) is 4.45. The summed E-state index contributed by atoms with van der Waals surface area (Å²) in [7, 11) is 0. The summed E-state index contributed by atoms with van der Waals surface area (Å²) >= 11 is 5.83. The van der Waals surface area contributed by atoms with E-state index in [-0.39, 0.29) is 11.2 Å². The molecule has 0 saturated carbocycles. The van der Waals surface area contributed by atoms with Crippen LogP contribution in [0.15, 0.2) is 36.5 Å². The van der Waals surface area contributed by atoms with Crippen LogP contribution in [0.5, 0.6) is 5.75 Å². The largest absolute Gasteiger partial charge is 0.472 e. The minimum atomic E-state index is -0.986. The van der Waals surface area contributed by atoms with Crippen molar-refractivity contribution in [3.63, 3.8) is 0 Å². The first kappa shape index (κ1) is 12.9. The Bertz CT molecular complexity index is 673. The van der Waals surface area contributed by atoms with Gasteiger partial charge in [-0.05, 0) is 37.6 Å². The first-order chi connectivity index (χ1) is 9.49. The van der Waals surface area contributed by atoms with Crippen molar-refractivity contribution < 1.29 is 9.53 Å². The smallest absolute Gasteiger partial charge is 0.276 e. The van der Waals surface area contributed by atoms with Crippen molar-refractivity contribution >= 4 is 29.0 Å². The van der Waals surface area contributed by atoms with Crippen LogP contribution in [0.3, 0.4) is 0 Å². The number of hydrogen-bond acceptors (Lipinski definition) is 4. The van der Waals surface area contributed by atoms with Crippen LogP contribution in [-0.2, 0) is 4.79 Å². The van der Waals surface area contributed by atoms with Gasteiger partial charge in [0.15, 0.2) is 17.2 Å². The molecule has 1 aliphatic heterocycles. The van der Waals surface area contributed by atoms with Crippen molar-refractivity contribution in [2.45, 2.75) is 19.4 Å². The number of anilines is 2. The summed E-state index contributed by atoms with van der Waals surface area (Å²) in [6.07, 6.45) is 1.48. The van der Waals surface area contributed by atoms with Crippen LogP contribution in [0.2, 0.25) is 5.28 Å². The molecule has 0 aliphatic carbocycles. The Hall–Kier alpha value is -2.14. The van der Waals surface area contributed by atoms with Crippen LogP contribution >= 0.6 is 11.6 Å². The molecule has 1 aromatic heterocycles. The topological polar surface area (TPSA) is 55.3 Å². The van der Waals surface area contributed by atoms with E-state index in [0.29, 0.717) is 17.3 Å². The van der Waals surface area contributed by atoms with Gasteiger partial charge >= 0.3 is 0 Å². The van der Waals surface area contributed by atoms with E-state index >= 15 is 0 Å². The van der Waals surface area contributed by atoms with Crippen LogP contribution in [0.4, 0.5) is 11.5 Å². The number of fused-ring (bicyclic) bond motifs is 1. The summed E-state index contributed by atoms with van der Waals surface area (Å²) in [4.78, 5) is 22.1. The summed E-state index contributed by atoms with van der Waals surface area (Å²) in [6.45, 7) is 3.42. The molecule has 1 aliphatic rings. The third-order valence-electron chi connectivity index (χ3n) is 3.02. The zero-order chi connectivity index (χ0) is 14.3. The Morgan fingerprint density at radius 1 is 1.25 bits per heavy atom. The Balaban J connectivity index is 2.21. The molecule has 0 fully saturated rings. The van der Waals surface area contributed by atoms with Gasteiger partial charge in [-0.25, -0.2) is 4.98 Å². The molecule has 6 heteroatoms. The third-order valence-corrected chi connectivity index (χ3v) is 3.20. The zero-order valence-corrected chi connectivity index (χ0v) is 11.8. The maximum Gasteiger partial charge on any atom is 0.276 e. The van der Waals surface area contributed by atoms with Gasteiger partial charge in [0.05, 0.1) is 11.9 Å². The number of ether oxygens (including phenoxy) is 1. The molecule has 20 heavy (non-hydrogen) atoms. The average Bonchev–Trinajstić information content (AvgIpc) is 2.42. The van der Waals surface area contributed by atoms with Crippen molar-refractivity contribution in [1.82, 2.24) is 9.97 Å². The fourth-order valence-electron chi connectivity index (χ4n) is 2.07. The average molecular weight is 290 g/mol. The van der Waals surface area contributed by atoms with E-state index < -0.39 is 5.60 Å². The number of rotatable bonds is 1. The van der Waals surface area contributed by atoms with Gasteiger partial charge in [0.2, 0.25) is 5.28 Å². The molecule has 0 spiro atoms. The number of aromatic nitrogens is 2. The molecule has 0 atom stereocenters. The second-order valence-electron chi connectivity index (χ2n) is 4.92. The highest BCUT2D eigenvalue weighted by Crippen LogP contribution is 2.40. The van der Waals surface area contributed by atoms with Gasteiger partial charge < -0.3 is 4.74 Å². The second-order valence-corrected chi connectivity index (χ2v) is 5.25. The lowest BCUT2D eigenvalue weighted by atomic mass is 10.0. The molecule has 1 aromatic carbocycles. The van der Waals surface area contributed by atoms with Gasteiger partial charge in [-0.2, -0.15) is 4.98 Å². The first-order valence-electron chi connectivity index (χ1n) is 6.10. The molecule has 0 bridgehead atoms. The number of para-hydroxylation sites is 1. The van der Waals surface area contributed by atoms with Crippen LogP contribution in [0.1, 0.15) is 13.8 Å². The third kappa shape index (κ3) is 2.00. The van der Waals surface area contributed by atoms with E-state index in [2.05, 4.69) is 9.97 Å². The number of hydrogen-bond donors (Lipinski definition) is 0. The lowest BCUT2D eigenvalue weighted by Gasteiger charge is -2.37. The fourth-order valence-corrected chi connectivity index (χ4v) is 2.20. The SMILES string of the molecule is CC1(C)Oc2cnc(Cl)nc2N(c2ccccc2)C1=O. The van der Waals surface area contributed by atoms with E-state index in [1.54, 1.807) is 13.8 Å². The van der Waals surface area contributed by atoms with Gasteiger partial charge in [0.25, 0.3) is 5.91 Å². The minimum Gasteiger partial charge on any atom is -0.472 e. The first-order valence-corrected chi connectivity index (χ1v) is 6.48. The van der Waals surface area contributed by atoms with Gasteiger partial charge in [-0.3, -0.25) is 9.69 Å². The summed E-state index contributed by atoms with van der Waals surface area (Å²) < 4.78 is 5.66. The van der Waals surface area contributed by atoms with Crippen LogP contribution in [0.25, 0.3) is 0 Å². The molecule has 5 nitrogen and oxygen atoms in total. The van der Waals surface area contributed by atoms with Gasteiger partial charge in [-0.1, -0.05) is 18.2 Å². The summed E-state index contributed by atoms with van der Waals surface area (Å²) in [5.41, 5.74) is -0.273. The highest BCUT2D eigenvalue weighted by molar-refractivity contribution is 6.28. The maximum atomic E-state index is 12.6. The number of halogens is 1. The van der Waals surface area contributed by atoms with Crippen LogP contribution in [0, 0.1) is 0 Å². The Labute approximate surface area is 121 Å². The Kier molecular flexibility index (Phi) is 2.87. The summed E-state index contributed by atoms with van der Waals surface area (Å²) in [5, 5.41) is 0.0702. The lowest BCUT2D eigenvalue weighted by molar-refractivity contribution is -0.131. The molecule has 1 amide bonds. The monoisotopic (exact) mass is 289 g/mol. The minimum absolute atomic E-state index is 0.0702. The standard InChI is InChI=1S/C14H12ClN3O2/c1-14(2)12(19)18(9-6-4-3-5-7-9)11-10(20-14)8-16-13(15)17-11/h3-8H,1-2H3. The fraction of sp³-hybridized carbons (Fsp3) is 0.214. The molecule has 0 unspecified atom stereocenters. The number of nitrogens with zero attached hydrogens (tertiary/aromatic N) is 3. The highest BCUT2D eigenvalue weighted by Gasteiger charge is 2.42. The van der Waals surface area contributed by atoms with E-state index in [0.717, 1.165) is 0 Å². The van der Waals surface area contributed by atoms with Crippen molar-refractivity contribution in [3.8, 4) is 5.75 Å². The molecule has 102 valence electrons. The number of amides is 1. The van der Waals surface area contributed by atoms with E-state index in [1.807, 2.05) is 30.3 Å². The Morgan fingerprint density at radius 2 is 1.95 bits per heavy atom. The van der Waals surface area contributed by atoms with Crippen molar-refractivity contribution in [2.24, 2.45) is 0 Å². The van der Waals surface area contributed by atoms with Crippen LogP contribution in [-0.4, -0.2) is 21.5 Å². The quantitative estimate of drug-likeness (QED) is 0.757. The predicted molar refractivity (Wildman–Crippen MR) is 75.3 cm³/mol. The van der Waals surface area contributed by atoms with Gasteiger partial charge in [0.1, 0.15) is 0 Å². The lowest BCUT2D eigenvalue weighted by Crippen LogP contribution is -2.51. The number of benzene rings is 1. The van der Waals surface area contributed by atoms with E-state index in [4.69, 9.17) is 16.3 Å². The maximum absolute atomic E-state index is 12.6. The van der Waals surface area contributed by atoms with E-state index in [9.17, 15) is 4.79 Å². The normalized spacial score (nSPS) is 16.6. The zero-order valence-electron chi connectivity index (χ0n) is 11.0. The molecule has 0 N–H and O–H groups in total. The number of carbonyl (C=O) groups is 1. The Morgan fingerprint density at radius 3 is 2.65 bits per heavy atom. The summed E-state index contributed by atoms with van der Waals surface area (Å²) in [6, 6.07) is 9.26. The molecule has 3 rings (SSSR count). The molecular weight excluding hydrogens is 278 g/mol. The summed E-state index contributed by atoms with van der Waals surface area (Å²) in [5.74, 6) is 0.592. The van der Waals surface area contributed by atoms with Crippen molar-refractivity contribution in [1.29, 1.82) is 0 Å². The van der Waals surface area contributed by atoms with Crippen LogP contribution < -0.4 is 9.64 Å². The van der Waals surface area contributed by atoms with Crippen molar-refractivity contribution in [2.75, 3.05) is 4.90 Å². The molecular formula is C14H12ClN3O2. The van der Waals surface area contributed by atoms with Crippen molar-refractivity contribution in [3.05, 3.63) is 41.8 Å².